The number of benzene rings is 2. The largest absolute Gasteiger partial charge is 0.437 e. The third-order valence-electron chi connectivity index (χ3n) is 5.27. The van der Waals surface area contributed by atoms with Gasteiger partial charge in [-0.2, -0.15) is 4.98 Å². The Morgan fingerprint density at radius 1 is 1.00 bits per heavy atom. The van der Waals surface area contributed by atoms with Gasteiger partial charge in [-0.05, 0) is 48.0 Å². The number of thioether (sulfide) groups is 1. The van der Waals surface area contributed by atoms with Gasteiger partial charge in [-0.15, -0.1) is 0 Å². The van der Waals surface area contributed by atoms with E-state index in [1.165, 1.54) is 21.4 Å². The first kappa shape index (κ1) is 24.8. The van der Waals surface area contributed by atoms with Gasteiger partial charge >= 0.3 is 0 Å². The summed E-state index contributed by atoms with van der Waals surface area (Å²) in [7, 11) is 0. The summed E-state index contributed by atoms with van der Waals surface area (Å²) >= 11 is 25.1. The molecule has 6 nitrogen and oxygen atoms in total. The van der Waals surface area contributed by atoms with Crippen LogP contribution in [-0.2, 0) is 11.3 Å². The van der Waals surface area contributed by atoms with Crippen molar-refractivity contribution in [3.8, 4) is 11.6 Å². The quantitative estimate of drug-likeness (QED) is 0.192. The number of thiocarbonyl (C=S) groups is 1. The predicted octanol–water partition coefficient (Wildman–Crippen LogP) is 6.85. The van der Waals surface area contributed by atoms with E-state index in [9.17, 15) is 9.59 Å². The molecule has 0 saturated carbocycles. The van der Waals surface area contributed by atoms with Crippen LogP contribution in [0, 0.1) is 0 Å². The van der Waals surface area contributed by atoms with Crippen molar-refractivity contribution in [1.82, 2.24) is 14.3 Å². The van der Waals surface area contributed by atoms with E-state index in [2.05, 4.69) is 4.98 Å². The number of carbonyl (C=O) groups excluding carboxylic acids is 1. The normalized spacial score (nSPS) is 14.8. The van der Waals surface area contributed by atoms with Gasteiger partial charge < -0.3 is 4.74 Å². The monoisotopic (exact) mass is 573 g/mol. The molecule has 0 N–H and O–H groups in total. The highest BCUT2D eigenvalue weighted by molar-refractivity contribution is 8.26. The molecule has 36 heavy (non-hydrogen) atoms. The van der Waals surface area contributed by atoms with Crippen LogP contribution in [0.3, 0.4) is 0 Å². The number of pyridine rings is 1. The Morgan fingerprint density at radius 2 is 1.78 bits per heavy atom. The Labute approximate surface area is 230 Å². The van der Waals surface area contributed by atoms with Crippen LogP contribution >= 0.6 is 58.8 Å². The maximum absolute atomic E-state index is 13.4. The summed E-state index contributed by atoms with van der Waals surface area (Å²) in [5.74, 6) is -0.0982. The van der Waals surface area contributed by atoms with Crippen molar-refractivity contribution in [2.24, 2.45) is 0 Å². The average molecular weight is 575 g/mol. The number of carbonyl (C=O) groups is 1. The second kappa shape index (κ2) is 10.2. The van der Waals surface area contributed by atoms with Crippen molar-refractivity contribution in [1.29, 1.82) is 0 Å². The van der Waals surface area contributed by atoms with Crippen LogP contribution in [0.2, 0.25) is 15.1 Å². The van der Waals surface area contributed by atoms with E-state index >= 15 is 0 Å². The van der Waals surface area contributed by atoms with Crippen molar-refractivity contribution in [3.05, 3.63) is 108 Å². The first-order chi connectivity index (χ1) is 17.3. The molecular weight excluding hydrogens is 561 g/mol. The molecule has 2 aromatic heterocycles. The van der Waals surface area contributed by atoms with Crippen LogP contribution in [0.5, 0.6) is 11.6 Å². The molecule has 11 heteroatoms. The van der Waals surface area contributed by atoms with Crippen LogP contribution in [0.15, 0.2) is 76.6 Å². The van der Waals surface area contributed by atoms with Crippen LogP contribution in [0.1, 0.15) is 11.1 Å². The van der Waals surface area contributed by atoms with Crippen molar-refractivity contribution in [2.45, 2.75) is 6.54 Å². The zero-order valence-corrected chi connectivity index (χ0v) is 22.1. The molecule has 1 amide bonds. The number of nitrogens with zero attached hydrogens (tertiary/aromatic N) is 3. The molecule has 1 saturated heterocycles. The molecular formula is C25H14Cl3N3O3S2. The van der Waals surface area contributed by atoms with Crippen LogP contribution < -0.4 is 10.3 Å². The highest BCUT2D eigenvalue weighted by Gasteiger charge is 2.33. The number of aromatic nitrogens is 2. The third-order valence-corrected chi connectivity index (χ3v) is 7.55. The van der Waals surface area contributed by atoms with E-state index in [-0.39, 0.29) is 39.6 Å². The minimum absolute atomic E-state index is 0.00760. The minimum atomic E-state index is -0.419. The zero-order chi connectivity index (χ0) is 25.4. The summed E-state index contributed by atoms with van der Waals surface area (Å²) in [5, 5.41) is 1.21. The topological polar surface area (TPSA) is 63.9 Å². The Morgan fingerprint density at radius 3 is 2.56 bits per heavy atom. The van der Waals surface area contributed by atoms with Crippen molar-refractivity contribution in [2.75, 3.05) is 0 Å². The summed E-state index contributed by atoms with van der Waals surface area (Å²) in [6, 6.07) is 17.1. The zero-order valence-electron chi connectivity index (χ0n) is 18.2. The van der Waals surface area contributed by atoms with Gasteiger partial charge in [0.15, 0.2) is 0 Å². The smallest absolute Gasteiger partial charge is 0.269 e. The lowest BCUT2D eigenvalue weighted by atomic mass is 10.2. The third kappa shape index (κ3) is 4.87. The molecule has 2 aromatic carbocycles. The maximum atomic E-state index is 13.4. The molecule has 0 bridgehead atoms. The first-order valence-electron chi connectivity index (χ1n) is 10.4. The lowest BCUT2D eigenvalue weighted by Gasteiger charge is -2.15. The van der Waals surface area contributed by atoms with Gasteiger partial charge in [-0.3, -0.25) is 18.9 Å². The Bertz CT molecular complexity index is 1640. The minimum Gasteiger partial charge on any atom is -0.437 e. The van der Waals surface area contributed by atoms with Gasteiger partial charge in [0.1, 0.15) is 21.3 Å². The fraction of sp³-hybridized carbons (Fsp3) is 0.0400. The van der Waals surface area contributed by atoms with Crippen LogP contribution in [-0.4, -0.2) is 24.5 Å². The standard InChI is InChI=1S/C25H14Cl3N3O3S2/c26-15-8-9-19(18(28)11-15)34-22-16(23(32)30-10-4-3-7-21(30)29-22)12-20-24(33)31(25(35)36-20)13-14-5-1-2-6-17(14)27/h1-12H,13H2/b20-12+. The number of hydrogen-bond acceptors (Lipinski definition) is 6. The molecule has 0 radical (unpaired) electrons. The van der Waals surface area contributed by atoms with E-state index in [0.29, 0.717) is 20.0 Å². The molecule has 0 spiro atoms. The Kier molecular flexibility index (Phi) is 7.05. The van der Waals surface area contributed by atoms with Crippen molar-refractivity contribution in [3.63, 3.8) is 0 Å². The molecule has 1 fully saturated rings. The number of fused-ring (bicyclic) bond motifs is 1. The molecule has 1 aliphatic heterocycles. The number of amides is 1. The molecule has 3 heterocycles. The number of halogens is 3. The van der Waals surface area contributed by atoms with E-state index < -0.39 is 5.56 Å². The Balaban J connectivity index is 1.57. The van der Waals surface area contributed by atoms with Gasteiger partial charge in [0, 0.05) is 16.2 Å². The fourth-order valence-corrected chi connectivity index (χ4v) is 5.39. The molecule has 0 unspecified atom stereocenters. The summed E-state index contributed by atoms with van der Waals surface area (Å²) in [5.41, 5.74) is 0.775. The predicted molar refractivity (Wildman–Crippen MR) is 148 cm³/mol. The van der Waals surface area contributed by atoms with Gasteiger partial charge in [0.25, 0.3) is 11.5 Å². The second-order valence-corrected chi connectivity index (χ2v) is 10.5. The number of ether oxygens (including phenoxy) is 1. The maximum Gasteiger partial charge on any atom is 0.269 e. The molecule has 0 aliphatic carbocycles. The van der Waals surface area contributed by atoms with Crippen LogP contribution in [0.4, 0.5) is 0 Å². The lowest BCUT2D eigenvalue weighted by Crippen LogP contribution is -2.27. The van der Waals surface area contributed by atoms with E-state index in [0.717, 1.165) is 17.3 Å². The summed E-state index contributed by atoms with van der Waals surface area (Å²) in [4.78, 5) is 32.9. The summed E-state index contributed by atoms with van der Waals surface area (Å²) in [6.45, 7) is 0.209. The van der Waals surface area contributed by atoms with E-state index in [1.807, 2.05) is 18.2 Å². The lowest BCUT2D eigenvalue weighted by molar-refractivity contribution is -0.122. The van der Waals surface area contributed by atoms with E-state index in [4.69, 9.17) is 51.8 Å². The molecule has 0 atom stereocenters. The fourth-order valence-electron chi connectivity index (χ4n) is 3.51. The number of hydrogen-bond donors (Lipinski definition) is 0. The molecule has 4 aromatic rings. The van der Waals surface area contributed by atoms with E-state index in [1.54, 1.807) is 42.6 Å². The highest BCUT2D eigenvalue weighted by Crippen LogP contribution is 2.37. The first-order valence-corrected chi connectivity index (χ1v) is 12.8. The number of rotatable bonds is 5. The Hall–Kier alpha value is -2.88. The average Bonchev–Trinajstić information content (AvgIpc) is 3.12. The van der Waals surface area contributed by atoms with Gasteiger partial charge in [0.2, 0.25) is 5.88 Å². The molecule has 5 rings (SSSR count). The van der Waals surface area contributed by atoms with Crippen molar-refractivity contribution >= 4 is 80.7 Å². The van der Waals surface area contributed by atoms with Gasteiger partial charge in [-0.1, -0.05) is 83.0 Å². The highest BCUT2D eigenvalue weighted by atomic mass is 35.5. The summed E-state index contributed by atoms with van der Waals surface area (Å²) < 4.78 is 7.67. The summed E-state index contributed by atoms with van der Waals surface area (Å²) in [6.07, 6.45) is 3.03. The SMILES string of the molecule is O=C1/C(=C\c2c(Oc3ccc(Cl)cc3Cl)nc3ccccn3c2=O)SC(=S)N1Cc1ccccc1Cl. The van der Waals surface area contributed by atoms with Gasteiger partial charge in [-0.25, -0.2) is 0 Å². The second-order valence-electron chi connectivity index (χ2n) is 7.60. The van der Waals surface area contributed by atoms with Crippen LogP contribution in [0.25, 0.3) is 11.7 Å². The molecule has 180 valence electrons. The van der Waals surface area contributed by atoms with Gasteiger partial charge in [0.05, 0.1) is 16.5 Å². The molecule has 1 aliphatic rings. The van der Waals surface area contributed by atoms with Crippen molar-refractivity contribution < 1.29 is 9.53 Å².